The molecule has 9 nitrogen and oxygen atoms in total. The Balaban J connectivity index is 1.59. The van der Waals surface area contributed by atoms with Gasteiger partial charge in [-0.05, 0) is 79.4 Å². The summed E-state index contributed by atoms with van der Waals surface area (Å²) in [4.78, 5) is 32.0. The highest BCUT2D eigenvalue weighted by molar-refractivity contribution is 7.07. The van der Waals surface area contributed by atoms with Crippen LogP contribution < -0.4 is 33.8 Å². The molecule has 0 spiro atoms. The van der Waals surface area contributed by atoms with Gasteiger partial charge in [0.15, 0.2) is 27.8 Å². The van der Waals surface area contributed by atoms with Crippen LogP contribution in [0.1, 0.15) is 42.1 Å². The van der Waals surface area contributed by atoms with Crippen molar-refractivity contribution in [1.82, 2.24) is 4.57 Å². The molecule has 4 aromatic rings. The number of carbonyl (C=O) groups is 1. The number of thiazole rings is 1. The number of nitrogens with zero attached hydrogens (tertiary/aromatic N) is 2. The molecule has 1 aliphatic rings. The van der Waals surface area contributed by atoms with Gasteiger partial charge in [-0.25, -0.2) is 9.79 Å². The molecule has 0 N–H and O–H groups in total. The Morgan fingerprint density at radius 1 is 0.979 bits per heavy atom. The summed E-state index contributed by atoms with van der Waals surface area (Å²) in [6, 6.07) is 13.6. The van der Waals surface area contributed by atoms with E-state index in [0.717, 1.165) is 11.1 Å². The summed E-state index contributed by atoms with van der Waals surface area (Å²) >= 11 is 13.5. The van der Waals surface area contributed by atoms with Gasteiger partial charge in [0.25, 0.3) is 5.56 Å². The van der Waals surface area contributed by atoms with E-state index in [4.69, 9.17) is 46.9 Å². The number of halogens is 2. The normalized spacial score (nSPS) is 14.0. The molecule has 0 fully saturated rings. The van der Waals surface area contributed by atoms with Crippen LogP contribution in [0, 0.1) is 0 Å². The summed E-state index contributed by atoms with van der Waals surface area (Å²) in [6.07, 6.45) is 5.47. The number of hydrogen-bond acceptors (Lipinski definition) is 9. The van der Waals surface area contributed by atoms with Gasteiger partial charge in [0.2, 0.25) is 0 Å². The van der Waals surface area contributed by atoms with Crippen LogP contribution in [0.5, 0.6) is 23.0 Å². The highest BCUT2D eigenvalue weighted by atomic mass is 35.5. The largest absolute Gasteiger partial charge is 0.493 e. The van der Waals surface area contributed by atoms with Crippen molar-refractivity contribution in [3.63, 3.8) is 0 Å². The summed E-state index contributed by atoms with van der Waals surface area (Å²) in [7, 11) is 2.85. The lowest BCUT2D eigenvalue weighted by Crippen LogP contribution is -2.39. The van der Waals surface area contributed by atoms with E-state index in [1.807, 2.05) is 26.0 Å². The Morgan fingerprint density at radius 3 is 2.44 bits per heavy atom. The van der Waals surface area contributed by atoms with Crippen LogP contribution in [0.25, 0.3) is 6.08 Å². The van der Waals surface area contributed by atoms with Crippen molar-refractivity contribution >= 4 is 46.6 Å². The van der Waals surface area contributed by atoms with Crippen molar-refractivity contribution in [2.24, 2.45) is 4.99 Å². The predicted molar refractivity (Wildman–Crippen MR) is 188 cm³/mol. The molecule has 5 rings (SSSR count). The summed E-state index contributed by atoms with van der Waals surface area (Å²) in [5.74, 6) is 1.50. The van der Waals surface area contributed by atoms with E-state index in [1.54, 1.807) is 55.7 Å². The van der Waals surface area contributed by atoms with Crippen molar-refractivity contribution in [2.45, 2.75) is 32.9 Å². The topological polar surface area (TPSA) is 97.6 Å². The maximum atomic E-state index is 14.1. The molecule has 0 amide bonds. The first-order chi connectivity index (χ1) is 23.2. The fourth-order valence-corrected chi connectivity index (χ4v) is 6.60. The van der Waals surface area contributed by atoms with E-state index in [-0.39, 0.29) is 17.7 Å². The molecule has 0 aliphatic carbocycles. The monoisotopic (exact) mass is 708 g/mol. The zero-order chi connectivity index (χ0) is 34.4. The van der Waals surface area contributed by atoms with Gasteiger partial charge in [0, 0.05) is 11.8 Å². The molecule has 48 heavy (non-hydrogen) atoms. The van der Waals surface area contributed by atoms with E-state index in [0.29, 0.717) is 73.1 Å². The second-order valence-electron chi connectivity index (χ2n) is 10.5. The molecule has 1 aliphatic heterocycles. The summed E-state index contributed by atoms with van der Waals surface area (Å²) in [5, 5.41) is 0.897. The minimum Gasteiger partial charge on any atom is -0.493 e. The van der Waals surface area contributed by atoms with Crippen molar-refractivity contribution in [3.8, 4) is 23.0 Å². The minimum absolute atomic E-state index is 0.210. The van der Waals surface area contributed by atoms with Crippen molar-refractivity contribution < 1.29 is 28.5 Å². The number of fused-ring (bicyclic) bond motifs is 1. The number of carbonyl (C=O) groups excluding carboxylic acids is 1. The maximum absolute atomic E-state index is 14.1. The molecule has 2 heterocycles. The number of aromatic nitrogens is 1. The average molecular weight is 710 g/mol. The van der Waals surface area contributed by atoms with Crippen LogP contribution in [0.3, 0.4) is 0 Å². The first-order valence-electron chi connectivity index (χ1n) is 15.1. The van der Waals surface area contributed by atoms with E-state index in [2.05, 4.69) is 11.6 Å². The molecule has 0 radical (unpaired) electrons. The number of hydrogen-bond donors (Lipinski definition) is 0. The van der Waals surface area contributed by atoms with Crippen LogP contribution in [-0.4, -0.2) is 38.0 Å². The highest BCUT2D eigenvalue weighted by Crippen LogP contribution is 2.36. The maximum Gasteiger partial charge on any atom is 0.337 e. The number of esters is 1. The van der Waals surface area contributed by atoms with Gasteiger partial charge < -0.3 is 23.7 Å². The lowest BCUT2D eigenvalue weighted by Gasteiger charge is -2.23. The quantitative estimate of drug-likeness (QED) is 0.117. The third kappa shape index (κ3) is 7.31. The standard InChI is InChI=1S/C36H34Cl2N2O7S/c1-6-9-24-14-22(16-30(43-4)33(24)47-20-21-10-12-26(37)27(38)15-21)17-31-34(41)40-32(25(35(42)44-5)19-39-36(40)48-31)23-11-13-28(45-7-2)29(18-23)46-8-3/h6,10-19,32H,1,7-9,20H2,2-5H3/b31-17-/t32-/m1/s1. The SMILES string of the molecule is C=CCc1cc(/C=c2\sc3n(c2=O)[C@H](c2ccc(OCC)c(OCC)c2)C(C(=O)OC)=CN=3)cc(OC)c1OCc1ccc(Cl)c(Cl)c1. The lowest BCUT2D eigenvalue weighted by molar-refractivity contribution is -0.136. The Bertz CT molecular complexity index is 2070. The molecule has 3 aromatic carbocycles. The van der Waals surface area contributed by atoms with Crippen LogP contribution in [0.15, 0.2) is 82.7 Å². The van der Waals surface area contributed by atoms with Crippen LogP contribution >= 0.6 is 34.5 Å². The van der Waals surface area contributed by atoms with Crippen molar-refractivity contribution in [3.05, 3.63) is 125 Å². The van der Waals surface area contributed by atoms with Crippen LogP contribution in [-0.2, 0) is 22.6 Å². The molecule has 12 heteroatoms. The highest BCUT2D eigenvalue weighted by Gasteiger charge is 2.31. The van der Waals surface area contributed by atoms with Gasteiger partial charge >= 0.3 is 5.97 Å². The number of rotatable bonds is 13. The summed E-state index contributed by atoms with van der Waals surface area (Å²) in [5.41, 5.74) is 2.88. The zero-order valence-electron chi connectivity index (χ0n) is 26.9. The number of ether oxygens (including phenoxy) is 5. The fourth-order valence-electron chi connectivity index (χ4n) is 5.31. The molecule has 0 saturated carbocycles. The minimum atomic E-state index is -0.811. The third-order valence-electron chi connectivity index (χ3n) is 7.41. The molecular weight excluding hydrogens is 675 g/mol. The molecule has 1 aromatic heterocycles. The molecule has 250 valence electrons. The van der Waals surface area contributed by atoms with Gasteiger partial charge in [0.1, 0.15) is 6.61 Å². The van der Waals surface area contributed by atoms with Gasteiger partial charge in [-0.2, -0.15) is 0 Å². The van der Waals surface area contributed by atoms with Gasteiger partial charge in [-0.3, -0.25) is 9.36 Å². The second-order valence-corrected chi connectivity index (χ2v) is 12.3. The lowest BCUT2D eigenvalue weighted by atomic mass is 9.97. The van der Waals surface area contributed by atoms with Gasteiger partial charge in [0.05, 0.1) is 53.6 Å². The molecular formula is C36H34Cl2N2O7S. The summed E-state index contributed by atoms with van der Waals surface area (Å²) in [6.45, 7) is 8.74. The number of allylic oxidation sites excluding steroid dienone is 1. The predicted octanol–water partition coefficient (Wildman–Crippen LogP) is 6.44. The van der Waals surface area contributed by atoms with E-state index in [1.165, 1.54) is 29.2 Å². The number of methoxy groups -OCH3 is 2. The van der Waals surface area contributed by atoms with Crippen molar-refractivity contribution in [2.75, 3.05) is 27.4 Å². The summed E-state index contributed by atoms with van der Waals surface area (Å²) < 4.78 is 30.5. The average Bonchev–Trinajstić information content (AvgIpc) is 3.40. The second kappa shape index (κ2) is 15.6. The van der Waals surface area contributed by atoms with Gasteiger partial charge in [-0.1, -0.05) is 52.7 Å². The Hall–Kier alpha value is -4.51. The van der Waals surface area contributed by atoms with E-state index < -0.39 is 12.0 Å². The first kappa shape index (κ1) is 34.8. The Morgan fingerprint density at radius 2 is 1.75 bits per heavy atom. The zero-order valence-corrected chi connectivity index (χ0v) is 29.2. The number of benzene rings is 3. The van der Waals surface area contributed by atoms with Crippen LogP contribution in [0.4, 0.5) is 0 Å². The molecule has 1 atom stereocenters. The first-order valence-corrected chi connectivity index (χ1v) is 16.7. The van der Waals surface area contributed by atoms with Crippen molar-refractivity contribution in [1.29, 1.82) is 0 Å². The molecule has 0 unspecified atom stereocenters. The van der Waals surface area contributed by atoms with E-state index in [9.17, 15) is 9.59 Å². The van der Waals surface area contributed by atoms with E-state index >= 15 is 0 Å². The fraction of sp³-hybridized carbons (Fsp3) is 0.250. The molecule has 0 bridgehead atoms. The van der Waals surface area contributed by atoms with Gasteiger partial charge in [-0.15, -0.1) is 6.58 Å². The smallest absolute Gasteiger partial charge is 0.337 e. The van der Waals surface area contributed by atoms with Crippen LogP contribution in [0.2, 0.25) is 10.0 Å². The Labute approximate surface area is 291 Å². The Kier molecular flexibility index (Phi) is 11.3. The third-order valence-corrected chi connectivity index (χ3v) is 9.15. The molecule has 0 saturated heterocycles.